The first-order valence-electron chi connectivity index (χ1n) is 8.12. The van der Waals surface area contributed by atoms with Crippen LogP contribution in [0.15, 0.2) is 0 Å². The van der Waals surface area contributed by atoms with Crippen molar-refractivity contribution in [2.75, 3.05) is 0 Å². The van der Waals surface area contributed by atoms with Gasteiger partial charge in [-0.2, -0.15) is 0 Å². The van der Waals surface area contributed by atoms with Gasteiger partial charge in [-0.3, -0.25) is 0 Å². The number of aliphatic hydroxyl groups excluding tert-OH is 3. The first kappa shape index (κ1) is 19.9. The van der Waals surface area contributed by atoms with E-state index in [-0.39, 0.29) is 12.0 Å². The standard InChI is InChI=1S/C17H36O3/c1-10(2)13(5)16(19)8-11(3)12(4)9-17(20)14(6)15(7)18/h10-20H,8-9H2,1-7H3/t11?,12?,13?,14?,15?,16-,17-/m1/s1. The van der Waals surface area contributed by atoms with Crippen LogP contribution < -0.4 is 0 Å². The maximum Gasteiger partial charge on any atom is 0.0592 e. The molecule has 0 aliphatic heterocycles. The maximum atomic E-state index is 10.2. The Morgan fingerprint density at radius 1 is 0.600 bits per heavy atom. The van der Waals surface area contributed by atoms with Gasteiger partial charge in [0.25, 0.3) is 0 Å². The second kappa shape index (κ2) is 9.01. The molecule has 0 saturated carbocycles. The average Bonchev–Trinajstić information content (AvgIpc) is 2.35. The second-order valence-corrected chi connectivity index (χ2v) is 7.26. The molecule has 0 aliphatic carbocycles. The van der Waals surface area contributed by atoms with Crippen LogP contribution in [0.25, 0.3) is 0 Å². The summed E-state index contributed by atoms with van der Waals surface area (Å²) in [5.74, 6) is 1.37. The fraction of sp³-hybridized carbons (Fsp3) is 1.00. The molecule has 0 spiro atoms. The monoisotopic (exact) mass is 288 g/mol. The Labute approximate surface area is 125 Å². The lowest BCUT2D eigenvalue weighted by Crippen LogP contribution is -2.31. The van der Waals surface area contributed by atoms with E-state index in [1.165, 1.54) is 0 Å². The van der Waals surface area contributed by atoms with Crippen molar-refractivity contribution in [3.8, 4) is 0 Å². The van der Waals surface area contributed by atoms with Gasteiger partial charge in [-0.1, -0.05) is 41.5 Å². The SMILES string of the molecule is CC(C)C(C)[C@H](O)CC(C)C(C)C[C@@H](O)C(C)C(C)O. The van der Waals surface area contributed by atoms with Gasteiger partial charge in [-0.05, 0) is 43.4 Å². The Hall–Kier alpha value is -0.120. The van der Waals surface area contributed by atoms with Crippen molar-refractivity contribution in [3.63, 3.8) is 0 Å². The topological polar surface area (TPSA) is 60.7 Å². The fourth-order valence-corrected chi connectivity index (χ4v) is 2.42. The lowest BCUT2D eigenvalue weighted by molar-refractivity contribution is 0.00838. The first-order chi connectivity index (χ1) is 9.07. The van der Waals surface area contributed by atoms with Gasteiger partial charge in [-0.15, -0.1) is 0 Å². The largest absolute Gasteiger partial charge is 0.393 e. The fourth-order valence-electron chi connectivity index (χ4n) is 2.42. The number of aliphatic hydroxyl groups is 3. The highest BCUT2D eigenvalue weighted by Gasteiger charge is 2.26. The lowest BCUT2D eigenvalue weighted by Gasteiger charge is -2.30. The van der Waals surface area contributed by atoms with Crippen molar-refractivity contribution in [3.05, 3.63) is 0 Å². The van der Waals surface area contributed by atoms with E-state index in [4.69, 9.17) is 0 Å². The third-order valence-corrected chi connectivity index (χ3v) is 5.22. The van der Waals surface area contributed by atoms with Gasteiger partial charge in [0.05, 0.1) is 18.3 Å². The van der Waals surface area contributed by atoms with Crippen LogP contribution in [-0.4, -0.2) is 33.6 Å². The predicted octanol–water partition coefficient (Wildman–Crippen LogP) is 3.07. The predicted molar refractivity (Wildman–Crippen MR) is 84.4 cm³/mol. The third kappa shape index (κ3) is 6.55. The van der Waals surface area contributed by atoms with Crippen molar-refractivity contribution < 1.29 is 15.3 Å². The molecule has 0 heterocycles. The molecular weight excluding hydrogens is 252 g/mol. The number of rotatable bonds is 9. The molecule has 0 aromatic carbocycles. The van der Waals surface area contributed by atoms with Gasteiger partial charge in [0.15, 0.2) is 0 Å². The summed E-state index contributed by atoms with van der Waals surface area (Å²) in [5.41, 5.74) is 0. The zero-order valence-electron chi connectivity index (χ0n) is 14.4. The molecule has 3 heteroatoms. The zero-order chi connectivity index (χ0) is 16.0. The van der Waals surface area contributed by atoms with Crippen molar-refractivity contribution >= 4 is 0 Å². The summed E-state index contributed by atoms with van der Waals surface area (Å²) in [6.07, 6.45) is 0.205. The number of hydrogen-bond donors (Lipinski definition) is 3. The van der Waals surface area contributed by atoms with E-state index in [1.54, 1.807) is 6.92 Å². The van der Waals surface area contributed by atoms with Crippen molar-refractivity contribution in [2.24, 2.45) is 29.6 Å². The quantitative estimate of drug-likeness (QED) is 0.611. The smallest absolute Gasteiger partial charge is 0.0592 e. The molecule has 0 saturated heterocycles. The van der Waals surface area contributed by atoms with Gasteiger partial charge < -0.3 is 15.3 Å². The molecule has 0 aromatic rings. The lowest BCUT2D eigenvalue weighted by atomic mass is 9.80. The molecule has 0 bridgehead atoms. The minimum absolute atomic E-state index is 0.107. The van der Waals surface area contributed by atoms with Crippen molar-refractivity contribution in [1.82, 2.24) is 0 Å². The summed E-state index contributed by atoms with van der Waals surface area (Å²) >= 11 is 0. The van der Waals surface area contributed by atoms with Crippen LogP contribution in [-0.2, 0) is 0 Å². The Kier molecular flexibility index (Phi) is 8.96. The van der Waals surface area contributed by atoms with E-state index in [0.29, 0.717) is 30.1 Å². The summed E-state index contributed by atoms with van der Waals surface area (Å²) in [5, 5.41) is 29.9. The van der Waals surface area contributed by atoms with E-state index < -0.39 is 12.2 Å². The molecule has 0 fully saturated rings. The van der Waals surface area contributed by atoms with E-state index in [9.17, 15) is 15.3 Å². The van der Waals surface area contributed by atoms with Gasteiger partial charge >= 0.3 is 0 Å². The summed E-state index contributed by atoms with van der Waals surface area (Å²) in [4.78, 5) is 0. The molecule has 3 nitrogen and oxygen atoms in total. The van der Waals surface area contributed by atoms with Crippen LogP contribution in [0.2, 0.25) is 0 Å². The highest BCUT2D eigenvalue weighted by Crippen LogP contribution is 2.28. The van der Waals surface area contributed by atoms with Gasteiger partial charge in [-0.25, -0.2) is 0 Å². The zero-order valence-corrected chi connectivity index (χ0v) is 14.4. The van der Waals surface area contributed by atoms with E-state index in [0.717, 1.165) is 6.42 Å². The minimum atomic E-state index is -0.487. The van der Waals surface area contributed by atoms with Gasteiger partial charge in [0, 0.05) is 5.92 Å². The molecule has 3 N–H and O–H groups in total. The van der Waals surface area contributed by atoms with E-state index in [2.05, 4.69) is 34.6 Å². The van der Waals surface area contributed by atoms with Crippen LogP contribution in [0.4, 0.5) is 0 Å². The second-order valence-electron chi connectivity index (χ2n) is 7.26. The molecule has 0 amide bonds. The molecule has 0 rings (SSSR count). The molecule has 20 heavy (non-hydrogen) atoms. The molecule has 0 aromatic heterocycles. The van der Waals surface area contributed by atoms with Crippen LogP contribution in [0.5, 0.6) is 0 Å². The van der Waals surface area contributed by atoms with E-state index in [1.807, 2.05) is 6.92 Å². The molecular formula is C17H36O3. The highest BCUT2D eigenvalue weighted by molar-refractivity contribution is 4.77. The minimum Gasteiger partial charge on any atom is -0.393 e. The summed E-state index contributed by atoms with van der Waals surface area (Å²) in [7, 11) is 0. The molecule has 7 atom stereocenters. The van der Waals surface area contributed by atoms with Crippen molar-refractivity contribution in [1.29, 1.82) is 0 Å². The first-order valence-corrected chi connectivity index (χ1v) is 8.12. The normalized spacial score (nSPS) is 22.9. The van der Waals surface area contributed by atoms with Gasteiger partial charge in [0.2, 0.25) is 0 Å². The summed E-state index contributed by atoms with van der Waals surface area (Å²) < 4.78 is 0. The van der Waals surface area contributed by atoms with E-state index >= 15 is 0 Å². The number of hydrogen-bond acceptors (Lipinski definition) is 3. The van der Waals surface area contributed by atoms with Gasteiger partial charge in [0.1, 0.15) is 0 Å². The highest BCUT2D eigenvalue weighted by atomic mass is 16.3. The summed E-state index contributed by atoms with van der Waals surface area (Å²) in [6, 6.07) is 0. The Bertz CT molecular complexity index is 227. The Morgan fingerprint density at radius 2 is 0.950 bits per heavy atom. The van der Waals surface area contributed by atoms with Crippen LogP contribution in [0.3, 0.4) is 0 Å². The Morgan fingerprint density at radius 3 is 1.25 bits per heavy atom. The Balaban J connectivity index is 4.31. The average molecular weight is 288 g/mol. The molecule has 0 aliphatic rings. The summed E-state index contributed by atoms with van der Waals surface area (Å²) in [6.45, 7) is 14.2. The van der Waals surface area contributed by atoms with Crippen LogP contribution in [0.1, 0.15) is 61.3 Å². The maximum absolute atomic E-state index is 10.2. The van der Waals surface area contributed by atoms with Crippen LogP contribution >= 0.6 is 0 Å². The molecule has 122 valence electrons. The molecule has 5 unspecified atom stereocenters. The van der Waals surface area contributed by atoms with Crippen molar-refractivity contribution in [2.45, 2.75) is 79.6 Å². The van der Waals surface area contributed by atoms with Crippen LogP contribution in [0, 0.1) is 29.6 Å². The third-order valence-electron chi connectivity index (χ3n) is 5.22. The molecule has 0 radical (unpaired) electrons.